The first kappa shape index (κ1) is 12.0. The highest BCUT2D eigenvalue weighted by atomic mass is 16.3. The van der Waals surface area contributed by atoms with Gasteiger partial charge < -0.3 is 10.8 Å². The van der Waals surface area contributed by atoms with Crippen molar-refractivity contribution in [2.45, 2.75) is 33.1 Å². The van der Waals surface area contributed by atoms with Crippen LogP contribution in [0.1, 0.15) is 28.8 Å². The largest absolute Gasteiger partial charge is 0.507 e. The average Bonchev–Trinajstić information content (AvgIpc) is 2.84. The zero-order valence-corrected chi connectivity index (χ0v) is 11.2. The maximum Gasteiger partial charge on any atom is 0.161 e. The second kappa shape index (κ2) is 4.23. The van der Waals surface area contributed by atoms with Gasteiger partial charge in [-0.05, 0) is 56.4 Å². The Morgan fingerprint density at radius 2 is 1.79 bits per heavy atom. The van der Waals surface area contributed by atoms with Gasteiger partial charge in [0, 0.05) is 16.8 Å². The highest BCUT2D eigenvalue weighted by Gasteiger charge is 2.18. The Kier molecular flexibility index (Phi) is 2.66. The third kappa shape index (κ3) is 1.93. The van der Waals surface area contributed by atoms with Gasteiger partial charge in [0.1, 0.15) is 11.6 Å². The van der Waals surface area contributed by atoms with Crippen LogP contribution >= 0.6 is 0 Å². The summed E-state index contributed by atoms with van der Waals surface area (Å²) in [6, 6.07) is 3.80. The molecule has 0 saturated carbocycles. The van der Waals surface area contributed by atoms with Crippen molar-refractivity contribution in [3.05, 3.63) is 34.5 Å². The molecule has 2 aromatic rings. The topological polar surface area (TPSA) is 72.0 Å². The molecule has 19 heavy (non-hydrogen) atoms. The number of nitrogens with two attached hydrogens (primary N) is 1. The summed E-state index contributed by atoms with van der Waals surface area (Å²) in [7, 11) is 0. The third-order valence-electron chi connectivity index (χ3n) is 3.71. The molecule has 0 aliphatic heterocycles. The Hall–Kier alpha value is -2.10. The van der Waals surface area contributed by atoms with Gasteiger partial charge in [-0.15, -0.1) is 0 Å². The summed E-state index contributed by atoms with van der Waals surface area (Å²) in [6.45, 7) is 3.76. The number of rotatable bonds is 1. The summed E-state index contributed by atoms with van der Waals surface area (Å²) in [5.74, 6) is 1.59. The van der Waals surface area contributed by atoms with Crippen LogP contribution in [0.5, 0.6) is 5.75 Å². The number of aryl methyl sites for hydroxylation is 3. The monoisotopic (exact) mass is 255 g/mol. The van der Waals surface area contributed by atoms with Gasteiger partial charge in [-0.2, -0.15) is 0 Å². The van der Waals surface area contributed by atoms with E-state index in [0.717, 1.165) is 47.2 Å². The highest BCUT2D eigenvalue weighted by Crippen LogP contribution is 2.30. The van der Waals surface area contributed by atoms with E-state index in [2.05, 4.69) is 9.97 Å². The lowest BCUT2D eigenvalue weighted by molar-refractivity contribution is 0.467. The van der Waals surface area contributed by atoms with Crippen LogP contribution in [-0.2, 0) is 12.8 Å². The molecule has 0 radical (unpaired) electrons. The smallest absolute Gasteiger partial charge is 0.161 e. The van der Waals surface area contributed by atoms with Crippen molar-refractivity contribution in [2.24, 2.45) is 0 Å². The standard InChI is InChI=1S/C15H17N3O/c1-8-6-10(7-9(2)13(8)19)15-17-12-5-3-4-11(12)14(16)18-15/h6-7,19H,3-5H2,1-2H3,(H2,16,17,18). The molecule has 1 aliphatic rings. The van der Waals surface area contributed by atoms with E-state index >= 15 is 0 Å². The lowest BCUT2D eigenvalue weighted by Gasteiger charge is -2.09. The Morgan fingerprint density at radius 3 is 2.47 bits per heavy atom. The predicted molar refractivity (Wildman–Crippen MR) is 75.0 cm³/mol. The maximum absolute atomic E-state index is 9.82. The minimum absolute atomic E-state index is 0.331. The number of hydrogen-bond donors (Lipinski definition) is 2. The molecule has 0 saturated heterocycles. The summed E-state index contributed by atoms with van der Waals surface area (Å²) >= 11 is 0. The molecule has 0 amide bonds. The molecule has 0 fully saturated rings. The van der Waals surface area contributed by atoms with Crippen molar-refractivity contribution < 1.29 is 5.11 Å². The van der Waals surface area contributed by atoms with Gasteiger partial charge in [0.2, 0.25) is 0 Å². The van der Waals surface area contributed by atoms with Gasteiger partial charge in [0.25, 0.3) is 0 Å². The van der Waals surface area contributed by atoms with Crippen LogP contribution in [0.3, 0.4) is 0 Å². The number of nitrogen functional groups attached to an aromatic ring is 1. The van der Waals surface area contributed by atoms with E-state index in [-0.39, 0.29) is 0 Å². The molecule has 1 aliphatic carbocycles. The van der Waals surface area contributed by atoms with Crippen LogP contribution in [0.4, 0.5) is 5.82 Å². The predicted octanol–water partition coefficient (Wildman–Crippen LogP) is 2.54. The molecule has 4 heteroatoms. The fraction of sp³-hybridized carbons (Fsp3) is 0.333. The Labute approximate surface area is 112 Å². The van der Waals surface area contributed by atoms with Crippen molar-refractivity contribution in [1.29, 1.82) is 0 Å². The van der Waals surface area contributed by atoms with Crippen molar-refractivity contribution in [1.82, 2.24) is 9.97 Å². The van der Waals surface area contributed by atoms with Gasteiger partial charge in [-0.1, -0.05) is 0 Å². The number of phenols is 1. The van der Waals surface area contributed by atoms with E-state index < -0.39 is 0 Å². The van der Waals surface area contributed by atoms with E-state index in [9.17, 15) is 5.11 Å². The number of benzene rings is 1. The normalized spacial score (nSPS) is 13.6. The number of hydrogen-bond acceptors (Lipinski definition) is 4. The molecule has 0 spiro atoms. The van der Waals surface area contributed by atoms with Gasteiger partial charge in [-0.3, -0.25) is 0 Å². The Morgan fingerprint density at radius 1 is 1.11 bits per heavy atom. The number of aromatic nitrogens is 2. The minimum Gasteiger partial charge on any atom is -0.507 e. The molecular weight excluding hydrogens is 238 g/mol. The first-order chi connectivity index (χ1) is 9.06. The molecule has 0 bridgehead atoms. The van der Waals surface area contributed by atoms with E-state index in [4.69, 9.17) is 5.73 Å². The van der Waals surface area contributed by atoms with Gasteiger partial charge >= 0.3 is 0 Å². The first-order valence-corrected chi connectivity index (χ1v) is 6.52. The van der Waals surface area contributed by atoms with Crippen LogP contribution in [0.25, 0.3) is 11.4 Å². The number of phenolic OH excluding ortho intramolecular Hbond substituents is 1. The highest BCUT2D eigenvalue weighted by molar-refractivity contribution is 5.63. The van der Waals surface area contributed by atoms with E-state index in [1.807, 2.05) is 26.0 Å². The summed E-state index contributed by atoms with van der Waals surface area (Å²) in [6.07, 6.45) is 3.06. The van der Waals surface area contributed by atoms with Crippen LogP contribution in [0.15, 0.2) is 12.1 Å². The molecule has 3 N–H and O–H groups in total. The zero-order chi connectivity index (χ0) is 13.6. The zero-order valence-electron chi connectivity index (χ0n) is 11.2. The molecular formula is C15H17N3O. The molecule has 0 atom stereocenters. The minimum atomic E-state index is 0.331. The molecule has 4 nitrogen and oxygen atoms in total. The molecule has 1 heterocycles. The van der Waals surface area contributed by atoms with Crippen molar-refractivity contribution in [2.75, 3.05) is 5.73 Å². The lowest BCUT2D eigenvalue weighted by Crippen LogP contribution is -2.03. The Bertz CT molecular complexity index is 642. The number of anilines is 1. The molecule has 0 unspecified atom stereocenters. The summed E-state index contributed by atoms with van der Waals surface area (Å²) < 4.78 is 0. The average molecular weight is 255 g/mol. The van der Waals surface area contributed by atoms with Gasteiger partial charge in [0.15, 0.2) is 5.82 Å². The fourth-order valence-electron chi connectivity index (χ4n) is 2.68. The summed E-state index contributed by atoms with van der Waals surface area (Å²) in [5, 5.41) is 9.82. The molecule has 1 aromatic carbocycles. The molecule has 98 valence electrons. The van der Waals surface area contributed by atoms with Crippen LogP contribution in [0, 0.1) is 13.8 Å². The number of nitrogens with zero attached hydrogens (tertiary/aromatic N) is 2. The van der Waals surface area contributed by atoms with Gasteiger partial charge in [0.05, 0.1) is 0 Å². The molecule has 1 aromatic heterocycles. The van der Waals surface area contributed by atoms with Crippen molar-refractivity contribution in [3.63, 3.8) is 0 Å². The number of aromatic hydroxyl groups is 1. The fourth-order valence-corrected chi connectivity index (χ4v) is 2.68. The Balaban J connectivity index is 2.15. The van der Waals surface area contributed by atoms with Crippen LogP contribution < -0.4 is 5.73 Å². The second-order valence-electron chi connectivity index (χ2n) is 5.17. The van der Waals surface area contributed by atoms with E-state index in [1.165, 1.54) is 0 Å². The van der Waals surface area contributed by atoms with Gasteiger partial charge in [-0.25, -0.2) is 9.97 Å². The van der Waals surface area contributed by atoms with E-state index in [1.54, 1.807) is 0 Å². The lowest BCUT2D eigenvalue weighted by atomic mass is 10.0. The summed E-state index contributed by atoms with van der Waals surface area (Å²) in [4.78, 5) is 9.04. The molecule has 3 rings (SSSR count). The maximum atomic E-state index is 9.82. The van der Waals surface area contributed by atoms with Crippen LogP contribution in [-0.4, -0.2) is 15.1 Å². The SMILES string of the molecule is Cc1cc(-c2nc(N)c3c(n2)CCC3)cc(C)c1O. The first-order valence-electron chi connectivity index (χ1n) is 6.52. The summed E-state index contributed by atoms with van der Waals surface area (Å²) in [5.41, 5.74) is 10.8. The second-order valence-corrected chi connectivity index (χ2v) is 5.17. The number of fused-ring (bicyclic) bond motifs is 1. The third-order valence-corrected chi connectivity index (χ3v) is 3.71. The quantitative estimate of drug-likeness (QED) is 0.821. The van der Waals surface area contributed by atoms with Crippen LogP contribution in [0.2, 0.25) is 0 Å². The van der Waals surface area contributed by atoms with Crippen molar-refractivity contribution in [3.8, 4) is 17.1 Å². The van der Waals surface area contributed by atoms with Crippen molar-refractivity contribution >= 4 is 5.82 Å². The van der Waals surface area contributed by atoms with E-state index in [0.29, 0.717) is 17.4 Å².